The third kappa shape index (κ3) is 1.91. The van der Waals surface area contributed by atoms with Gasteiger partial charge in [0, 0.05) is 6.08 Å². The molecular formula is C3H5O2P. The molecule has 6 heavy (non-hydrogen) atoms. The Bertz CT molecular complexity index is 69.2. The molecule has 0 aromatic heterocycles. The van der Waals surface area contributed by atoms with Crippen molar-refractivity contribution < 1.29 is 9.32 Å². The zero-order chi connectivity index (χ0) is 4.99. The summed E-state index contributed by atoms with van der Waals surface area (Å²) in [6, 6.07) is 0. The minimum absolute atomic E-state index is 0.431. The van der Waals surface area contributed by atoms with E-state index in [1.165, 1.54) is 0 Å². The molecule has 34 valence electrons. The molecule has 0 saturated heterocycles. The third-order valence-electron chi connectivity index (χ3n) is 0.283. The van der Waals surface area contributed by atoms with Crippen LogP contribution in [0.5, 0.6) is 0 Å². The molecule has 0 aromatic rings. The fourth-order valence-electron chi connectivity index (χ4n) is 0.0481. The van der Waals surface area contributed by atoms with Crippen LogP contribution in [0.15, 0.2) is 12.7 Å². The van der Waals surface area contributed by atoms with Gasteiger partial charge in [-0.2, -0.15) is 0 Å². The quantitative estimate of drug-likeness (QED) is 0.357. The monoisotopic (exact) mass is 104 g/mol. The van der Waals surface area contributed by atoms with E-state index in [9.17, 15) is 4.79 Å². The third-order valence-corrected chi connectivity index (χ3v) is 0.515. The number of hydrogen-bond donors (Lipinski definition) is 0. The Balaban J connectivity index is 3.23. The Hall–Kier alpha value is -0.360. The van der Waals surface area contributed by atoms with Crippen LogP contribution in [0.3, 0.4) is 0 Å². The van der Waals surface area contributed by atoms with Crippen molar-refractivity contribution in [1.29, 1.82) is 0 Å². The van der Waals surface area contributed by atoms with Crippen LogP contribution in [-0.4, -0.2) is 5.97 Å². The standard InChI is InChI=1S/C3H5O2P/c1-2-3(4)5-6/h2H,1,6H2. The SMILES string of the molecule is C=CC(=O)OP. The Morgan fingerprint density at radius 3 is 2.50 bits per heavy atom. The summed E-state index contributed by atoms with van der Waals surface area (Å²) >= 11 is 0. The van der Waals surface area contributed by atoms with Crippen LogP contribution < -0.4 is 0 Å². The van der Waals surface area contributed by atoms with Crippen LogP contribution in [0.4, 0.5) is 0 Å². The fourth-order valence-corrected chi connectivity index (χ4v) is 0.144. The average molecular weight is 104 g/mol. The lowest BCUT2D eigenvalue weighted by atomic mass is 10.7. The van der Waals surface area contributed by atoms with Gasteiger partial charge < -0.3 is 4.52 Å². The molecule has 0 aliphatic rings. The molecule has 0 aliphatic carbocycles. The van der Waals surface area contributed by atoms with E-state index in [-0.39, 0.29) is 0 Å². The van der Waals surface area contributed by atoms with Crippen molar-refractivity contribution in [2.75, 3.05) is 0 Å². The van der Waals surface area contributed by atoms with Crippen molar-refractivity contribution in [2.45, 2.75) is 0 Å². The predicted octanol–water partition coefficient (Wildman–Crippen LogP) is 0.506. The van der Waals surface area contributed by atoms with Gasteiger partial charge in [0.05, 0.1) is 9.47 Å². The lowest BCUT2D eigenvalue weighted by Crippen LogP contribution is -1.85. The van der Waals surface area contributed by atoms with Gasteiger partial charge in [-0.1, -0.05) is 6.58 Å². The Labute approximate surface area is 38.5 Å². The van der Waals surface area contributed by atoms with Crippen molar-refractivity contribution in [3.8, 4) is 0 Å². The first-order chi connectivity index (χ1) is 2.81. The summed E-state index contributed by atoms with van der Waals surface area (Å²) < 4.78 is 4.06. The number of hydrogen-bond acceptors (Lipinski definition) is 2. The highest BCUT2D eigenvalue weighted by Crippen LogP contribution is 1.84. The maximum absolute atomic E-state index is 9.82. The summed E-state index contributed by atoms with van der Waals surface area (Å²) in [5.74, 6) is -0.431. The molecule has 0 N–H and O–H groups in total. The van der Waals surface area contributed by atoms with Gasteiger partial charge in [-0.3, -0.25) is 0 Å². The zero-order valence-corrected chi connectivity index (χ0v) is 4.33. The molecule has 0 amide bonds. The first-order valence-corrected chi connectivity index (χ1v) is 1.81. The summed E-state index contributed by atoms with van der Waals surface area (Å²) in [7, 11) is 1.82. The van der Waals surface area contributed by atoms with E-state index in [0.717, 1.165) is 6.08 Å². The molecule has 0 spiro atoms. The van der Waals surface area contributed by atoms with E-state index >= 15 is 0 Å². The average Bonchev–Trinajstić information content (AvgIpc) is 1.65. The van der Waals surface area contributed by atoms with Crippen LogP contribution in [0.2, 0.25) is 0 Å². The smallest absolute Gasteiger partial charge is 0.332 e. The highest BCUT2D eigenvalue weighted by molar-refractivity contribution is 7.10. The van der Waals surface area contributed by atoms with E-state index in [4.69, 9.17) is 0 Å². The van der Waals surface area contributed by atoms with Crippen molar-refractivity contribution in [3.63, 3.8) is 0 Å². The second kappa shape index (κ2) is 2.86. The summed E-state index contributed by atoms with van der Waals surface area (Å²) in [4.78, 5) is 9.82. The molecule has 0 saturated carbocycles. The van der Waals surface area contributed by atoms with Gasteiger partial charge in [0.25, 0.3) is 0 Å². The summed E-state index contributed by atoms with van der Waals surface area (Å²) in [5.41, 5.74) is 0. The van der Waals surface area contributed by atoms with Crippen molar-refractivity contribution >= 4 is 15.4 Å². The lowest BCUT2D eigenvalue weighted by molar-refractivity contribution is -0.127. The molecule has 0 heterocycles. The first-order valence-electron chi connectivity index (χ1n) is 1.34. The first kappa shape index (κ1) is 5.64. The molecule has 0 rings (SSSR count). The molecule has 1 atom stereocenters. The second-order valence-electron chi connectivity index (χ2n) is 0.641. The largest absolute Gasteiger partial charge is 0.448 e. The molecule has 2 nitrogen and oxygen atoms in total. The maximum Gasteiger partial charge on any atom is 0.332 e. The van der Waals surface area contributed by atoms with Gasteiger partial charge in [0.2, 0.25) is 0 Å². The highest BCUT2D eigenvalue weighted by atomic mass is 31.0. The molecule has 0 fully saturated rings. The van der Waals surface area contributed by atoms with E-state index in [1.54, 1.807) is 0 Å². The van der Waals surface area contributed by atoms with Crippen LogP contribution in [0.25, 0.3) is 0 Å². The minimum Gasteiger partial charge on any atom is -0.448 e. The van der Waals surface area contributed by atoms with Gasteiger partial charge in [-0.25, -0.2) is 4.79 Å². The highest BCUT2D eigenvalue weighted by Gasteiger charge is 1.82. The summed E-state index contributed by atoms with van der Waals surface area (Å²) in [6.45, 7) is 3.14. The normalized spacial score (nSPS) is 6.83. The van der Waals surface area contributed by atoms with Gasteiger partial charge in [-0.05, 0) is 0 Å². The van der Waals surface area contributed by atoms with Gasteiger partial charge in [-0.15, -0.1) is 0 Å². The molecule has 0 radical (unpaired) electrons. The van der Waals surface area contributed by atoms with Gasteiger partial charge >= 0.3 is 5.97 Å². The van der Waals surface area contributed by atoms with E-state index in [1.807, 2.05) is 9.47 Å². The van der Waals surface area contributed by atoms with Crippen LogP contribution >= 0.6 is 9.47 Å². The van der Waals surface area contributed by atoms with Gasteiger partial charge in [0.15, 0.2) is 0 Å². The molecule has 0 bridgehead atoms. The Morgan fingerprint density at radius 1 is 2.00 bits per heavy atom. The number of carbonyl (C=O) groups excluding carboxylic acids is 1. The van der Waals surface area contributed by atoms with Crippen LogP contribution in [-0.2, 0) is 9.32 Å². The minimum atomic E-state index is -0.431. The van der Waals surface area contributed by atoms with E-state index in [0.29, 0.717) is 0 Å². The zero-order valence-electron chi connectivity index (χ0n) is 3.18. The fraction of sp³-hybridized carbons (Fsp3) is 0. The summed E-state index contributed by atoms with van der Waals surface area (Å²) in [6.07, 6.45) is 1.09. The number of rotatable bonds is 1. The molecule has 1 unspecified atom stereocenters. The molecule has 0 aromatic carbocycles. The van der Waals surface area contributed by atoms with Crippen LogP contribution in [0, 0.1) is 0 Å². The maximum atomic E-state index is 9.82. The van der Waals surface area contributed by atoms with E-state index in [2.05, 4.69) is 11.1 Å². The molecular weight excluding hydrogens is 99.0 g/mol. The van der Waals surface area contributed by atoms with Crippen molar-refractivity contribution in [1.82, 2.24) is 0 Å². The predicted molar refractivity (Wildman–Crippen MR) is 26.0 cm³/mol. The van der Waals surface area contributed by atoms with Gasteiger partial charge in [0.1, 0.15) is 0 Å². The second-order valence-corrected chi connectivity index (χ2v) is 0.877. The summed E-state index contributed by atoms with van der Waals surface area (Å²) in [5, 5.41) is 0. The van der Waals surface area contributed by atoms with Crippen molar-refractivity contribution in [2.24, 2.45) is 0 Å². The topological polar surface area (TPSA) is 26.3 Å². The molecule has 3 heteroatoms. The van der Waals surface area contributed by atoms with Crippen LogP contribution in [0.1, 0.15) is 0 Å². The molecule has 0 aliphatic heterocycles. The van der Waals surface area contributed by atoms with E-state index < -0.39 is 5.97 Å². The van der Waals surface area contributed by atoms with Crippen molar-refractivity contribution in [3.05, 3.63) is 12.7 Å². The Kier molecular flexibility index (Phi) is 2.68. The number of carbonyl (C=O) groups is 1. The lowest BCUT2D eigenvalue weighted by Gasteiger charge is -1.82. The Morgan fingerprint density at radius 2 is 2.50 bits per heavy atom.